The van der Waals surface area contributed by atoms with Gasteiger partial charge < -0.3 is 10.3 Å². The van der Waals surface area contributed by atoms with Crippen molar-refractivity contribution in [1.82, 2.24) is 13.9 Å². The highest BCUT2D eigenvalue weighted by atomic mass is 35.5. The van der Waals surface area contributed by atoms with Gasteiger partial charge in [0.15, 0.2) is 0 Å². The molecule has 0 radical (unpaired) electrons. The standard InChI is InChI=1S/C17H17ClN4OS2/c18-11-9-21-7-8-22(10-13(21)16(11)17(19)23)25-15-5-4-14(24-15)12-3-1-2-6-20-12/h1-3,5-6,9,14H,4,7-8,10H2,(H2,19,23). The van der Waals surface area contributed by atoms with Crippen LogP contribution in [0.5, 0.6) is 0 Å². The lowest BCUT2D eigenvalue weighted by Crippen LogP contribution is -2.30. The summed E-state index contributed by atoms with van der Waals surface area (Å²) in [5, 5.41) is 0.826. The Balaban J connectivity index is 1.43. The van der Waals surface area contributed by atoms with Gasteiger partial charge in [0.2, 0.25) is 0 Å². The fraction of sp³-hybridized carbons (Fsp3) is 0.294. The highest BCUT2D eigenvalue weighted by Gasteiger charge is 2.28. The lowest BCUT2D eigenvalue weighted by atomic mass is 10.2. The van der Waals surface area contributed by atoms with Crippen LogP contribution in [0.3, 0.4) is 0 Å². The molecule has 2 aromatic rings. The molecular formula is C17H17ClN4OS2. The molecule has 0 saturated heterocycles. The molecule has 0 aromatic carbocycles. The predicted molar refractivity (Wildman–Crippen MR) is 103 cm³/mol. The molecule has 4 heterocycles. The Morgan fingerprint density at radius 1 is 1.40 bits per heavy atom. The molecule has 25 heavy (non-hydrogen) atoms. The van der Waals surface area contributed by atoms with Gasteiger partial charge in [-0.15, -0.1) is 11.8 Å². The van der Waals surface area contributed by atoms with E-state index in [1.165, 1.54) is 4.24 Å². The summed E-state index contributed by atoms with van der Waals surface area (Å²) < 4.78 is 5.58. The number of carbonyl (C=O) groups is 1. The van der Waals surface area contributed by atoms with E-state index in [9.17, 15) is 4.79 Å². The first kappa shape index (κ1) is 17.0. The second-order valence-electron chi connectivity index (χ2n) is 5.93. The monoisotopic (exact) mass is 392 g/mol. The van der Waals surface area contributed by atoms with Crippen molar-refractivity contribution in [2.24, 2.45) is 5.73 Å². The summed E-state index contributed by atoms with van der Waals surface area (Å²) in [5.74, 6) is -0.463. The highest BCUT2D eigenvalue weighted by Crippen LogP contribution is 2.49. The molecular weight excluding hydrogens is 376 g/mol. The van der Waals surface area contributed by atoms with E-state index in [1.807, 2.05) is 34.7 Å². The van der Waals surface area contributed by atoms with E-state index in [4.69, 9.17) is 17.3 Å². The number of carbonyl (C=O) groups excluding carboxylic acids is 1. The Morgan fingerprint density at radius 3 is 3.04 bits per heavy atom. The first-order valence-electron chi connectivity index (χ1n) is 8.00. The van der Waals surface area contributed by atoms with Crippen molar-refractivity contribution in [3.05, 3.63) is 62.9 Å². The van der Waals surface area contributed by atoms with E-state index < -0.39 is 5.91 Å². The molecule has 1 atom stereocenters. The summed E-state index contributed by atoms with van der Waals surface area (Å²) in [6, 6.07) is 6.05. The van der Waals surface area contributed by atoms with Crippen molar-refractivity contribution in [3.63, 3.8) is 0 Å². The van der Waals surface area contributed by atoms with Gasteiger partial charge in [-0.2, -0.15) is 0 Å². The number of thioether (sulfide) groups is 1. The van der Waals surface area contributed by atoms with Crippen molar-refractivity contribution in [3.8, 4) is 0 Å². The molecule has 1 amide bonds. The molecule has 2 aromatic heterocycles. The van der Waals surface area contributed by atoms with Crippen molar-refractivity contribution in [1.29, 1.82) is 0 Å². The predicted octanol–water partition coefficient (Wildman–Crippen LogP) is 3.82. The molecule has 0 fully saturated rings. The zero-order valence-corrected chi connectivity index (χ0v) is 15.8. The van der Waals surface area contributed by atoms with E-state index in [0.29, 0.717) is 22.4 Å². The first-order valence-corrected chi connectivity index (χ1v) is 10.0. The maximum absolute atomic E-state index is 11.7. The number of amides is 1. The van der Waals surface area contributed by atoms with Gasteiger partial charge in [-0.3, -0.25) is 9.78 Å². The van der Waals surface area contributed by atoms with Crippen LogP contribution in [0, 0.1) is 0 Å². The molecule has 4 rings (SSSR count). The lowest BCUT2D eigenvalue weighted by molar-refractivity contribution is 0.0998. The number of hydrogen-bond donors (Lipinski definition) is 1. The number of hydrogen-bond acceptors (Lipinski definition) is 5. The minimum atomic E-state index is -0.463. The van der Waals surface area contributed by atoms with Gasteiger partial charge >= 0.3 is 0 Å². The molecule has 1 unspecified atom stereocenters. The SMILES string of the molecule is NC(=O)c1c(Cl)cn2c1CN(SC1=CCC(c3ccccn3)S1)CC2. The molecule has 0 bridgehead atoms. The van der Waals surface area contributed by atoms with Crippen LogP contribution >= 0.6 is 35.3 Å². The maximum atomic E-state index is 11.7. The largest absolute Gasteiger partial charge is 0.365 e. The van der Waals surface area contributed by atoms with Crippen LogP contribution in [0.4, 0.5) is 0 Å². The number of pyridine rings is 1. The third-order valence-corrected chi connectivity index (χ3v) is 7.13. The van der Waals surface area contributed by atoms with Gasteiger partial charge in [-0.1, -0.05) is 23.7 Å². The number of nitrogens with two attached hydrogens (primary N) is 1. The van der Waals surface area contributed by atoms with Crippen LogP contribution in [-0.4, -0.2) is 26.3 Å². The maximum Gasteiger partial charge on any atom is 0.252 e. The number of allylic oxidation sites excluding steroid dienone is 1. The Kier molecular flexibility index (Phi) is 4.82. The third kappa shape index (κ3) is 3.46. The van der Waals surface area contributed by atoms with Crippen LogP contribution in [0.1, 0.15) is 33.4 Å². The number of halogens is 1. The normalized spacial score (nSPS) is 20.4. The minimum absolute atomic E-state index is 0.382. The van der Waals surface area contributed by atoms with E-state index >= 15 is 0 Å². The van der Waals surface area contributed by atoms with E-state index in [2.05, 4.69) is 21.4 Å². The Hall–Kier alpha value is -1.41. The molecule has 0 spiro atoms. The van der Waals surface area contributed by atoms with Crippen molar-refractivity contribution in [2.45, 2.75) is 24.8 Å². The Morgan fingerprint density at radius 2 is 2.28 bits per heavy atom. The van der Waals surface area contributed by atoms with Gasteiger partial charge in [0, 0.05) is 31.2 Å². The molecule has 0 saturated carbocycles. The lowest BCUT2D eigenvalue weighted by Gasteiger charge is -2.28. The van der Waals surface area contributed by atoms with Crippen LogP contribution < -0.4 is 5.73 Å². The summed E-state index contributed by atoms with van der Waals surface area (Å²) in [6.45, 7) is 2.35. The number of nitrogens with zero attached hydrogens (tertiary/aromatic N) is 3. The molecule has 2 N–H and O–H groups in total. The zero-order valence-electron chi connectivity index (χ0n) is 13.4. The van der Waals surface area contributed by atoms with E-state index in [1.54, 1.807) is 18.1 Å². The summed E-state index contributed by atoms with van der Waals surface area (Å²) in [7, 11) is 0. The molecule has 130 valence electrons. The Bertz CT molecular complexity index is 837. The first-order chi connectivity index (χ1) is 12.1. The summed E-state index contributed by atoms with van der Waals surface area (Å²) >= 11 is 9.76. The van der Waals surface area contributed by atoms with E-state index in [-0.39, 0.29) is 0 Å². The minimum Gasteiger partial charge on any atom is -0.365 e. The van der Waals surface area contributed by atoms with Gasteiger partial charge in [0.1, 0.15) is 0 Å². The topological polar surface area (TPSA) is 64.2 Å². The van der Waals surface area contributed by atoms with Crippen LogP contribution in [0.2, 0.25) is 5.02 Å². The fourth-order valence-corrected chi connectivity index (χ4v) is 5.97. The van der Waals surface area contributed by atoms with Crippen LogP contribution in [-0.2, 0) is 13.1 Å². The highest BCUT2D eigenvalue weighted by molar-refractivity contribution is 8.21. The summed E-state index contributed by atoms with van der Waals surface area (Å²) in [5.41, 5.74) is 7.96. The molecule has 0 aliphatic carbocycles. The van der Waals surface area contributed by atoms with Gasteiger partial charge in [-0.05, 0) is 30.5 Å². The number of fused-ring (bicyclic) bond motifs is 1. The molecule has 5 nitrogen and oxygen atoms in total. The van der Waals surface area contributed by atoms with Gasteiger partial charge in [0.05, 0.1) is 32.3 Å². The number of aromatic nitrogens is 2. The second-order valence-corrected chi connectivity index (χ2v) is 8.98. The third-order valence-electron chi connectivity index (χ3n) is 4.30. The van der Waals surface area contributed by atoms with Gasteiger partial charge in [0.25, 0.3) is 5.91 Å². The Labute approximate surface area is 159 Å². The zero-order chi connectivity index (χ0) is 17.4. The van der Waals surface area contributed by atoms with E-state index in [0.717, 1.165) is 30.9 Å². The average molecular weight is 393 g/mol. The molecule has 8 heteroatoms. The van der Waals surface area contributed by atoms with Crippen LogP contribution in [0.25, 0.3) is 0 Å². The fourth-order valence-electron chi connectivity index (χ4n) is 3.11. The number of primary amides is 1. The molecule has 2 aliphatic heterocycles. The molecule has 2 aliphatic rings. The summed E-state index contributed by atoms with van der Waals surface area (Å²) in [4.78, 5) is 16.1. The van der Waals surface area contributed by atoms with Crippen molar-refractivity contribution < 1.29 is 4.79 Å². The quantitative estimate of drug-likeness (QED) is 0.801. The second kappa shape index (κ2) is 7.07. The average Bonchev–Trinajstić information content (AvgIpc) is 3.19. The van der Waals surface area contributed by atoms with Gasteiger partial charge in [-0.25, -0.2) is 4.31 Å². The van der Waals surface area contributed by atoms with Crippen molar-refractivity contribution >= 4 is 41.2 Å². The smallest absolute Gasteiger partial charge is 0.252 e. The van der Waals surface area contributed by atoms with Crippen molar-refractivity contribution in [2.75, 3.05) is 6.54 Å². The number of rotatable bonds is 4. The van der Waals surface area contributed by atoms with Crippen LogP contribution in [0.15, 0.2) is 40.9 Å². The summed E-state index contributed by atoms with van der Waals surface area (Å²) in [6.07, 6.45) is 6.91.